The topological polar surface area (TPSA) is 88.6 Å². The van der Waals surface area contributed by atoms with E-state index in [0.717, 1.165) is 35.0 Å². The predicted octanol–water partition coefficient (Wildman–Crippen LogP) is 4.58. The average Bonchev–Trinajstić information content (AvgIpc) is 2.94. The molecule has 1 amide bonds. The zero-order chi connectivity index (χ0) is 21.8. The number of hydrogen-bond acceptors (Lipinski definition) is 5. The second-order valence-electron chi connectivity index (χ2n) is 9.66. The molecular weight excluding hydrogens is 386 g/mol. The van der Waals surface area contributed by atoms with Crippen molar-refractivity contribution in [2.45, 2.75) is 59.1 Å². The fourth-order valence-electron chi connectivity index (χ4n) is 3.10. The van der Waals surface area contributed by atoms with E-state index in [1.54, 1.807) is 7.11 Å². The van der Waals surface area contributed by atoms with E-state index in [1.165, 1.54) is 0 Å². The third-order valence-corrected chi connectivity index (χ3v) is 6.67. The number of methoxy groups -OCH3 is 1. The van der Waals surface area contributed by atoms with Crippen molar-refractivity contribution in [2.24, 2.45) is 11.1 Å². The van der Waals surface area contributed by atoms with E-state index < -0.39 is 14.2 Å². The number of aromatic nitrogens is 2. The summed E-state index contributed by atoms with van der Waals surface area (Å²) >= 11 is 0. The van der Waals surface area contributed by atoms with Crippen molar-refractivity contribution in [1.29, 1.82) is 0 Å². The van der Waals surface area contributed by atoms with Gasteiger partial charge in [-0.3, -0.25) is 0 Å². The van der Waals surface area contributed by atoms with Crippen LogP contribution >= 0.6 is 0 Å². The highest BCUT2D eigenvalue weighted by molar-refractivity contribution is 6.76. The average molecular weight is 422 g/mol. The van der Waals surface area contributed by atoms with Crippen LogP contribution in [0, 0.1) is 5.41 Å². The second kappa shape index (κ2) is 9.17. The lowest BCUT2D eigenvalue weighted by molar-refractivity contribution is 0.0801. The number of amides is 1. The van der Waals surface area contributed by atoms with Crippen LogP contribution in [-0.2, 0) is 16.2 Å². The molecule has 29 heavy (non-hydrogen) atoms. The molecule has 0 spiro atoms. The number of nitrogens with zero attached hydrogens (tertiary/aromatic N) is 2. The van der Waals surface area contributed by atoms with E-state index in [9.17, 15) is 4.79 Å². The Hall–Kier alpha value is -2.06. The summed E-state index contributed by atoms with van der Waals surface area (Å²) in [5.74, 6) is 0.620. The minimum absolute atomic E-state index is 0.132. The van der Waals surface area contributed by atoms with Gasteiger partial charge in [0.2, 0.25) is 0 Å². The number of hydrogen-bond donors (Lipinski definition) is 1. The molecule has 162 valence electrons. The predicted molar refractivity (Wildman–Crippen MR) is 118 cm³/mol. The molecule has 1 aromatic heterocycles. The molecule has 0 saturated carbocycles. The van der Waals surface area contributed by atoms with Crippen molar-refractivity contribution >= 4 is 25.1 Å². The van der Waals surface area contributed by atoms with Gasteiger partial charge < -0.3 is 19.9 Å². The molecule has 0 saturated heterocycles. The van der Waals surface area contributed by atoms with Gasteiger partial charge in [-0.2, -0.15) is 5.10 Å². The van der Waals surface area contributed by atoms with Crippen molar-refractivity contribution in [3.63, 3.8) is 0 Å². The highest BCUT2D eigenvalue weighted by Crippen LogP contribution is 2.39. The Morgan fingerprint density at radius 1 is 1.28 bits per heavy atom. The van der Waals surface area contributed by atoms with E-state index in [1.807, 2.05) is 22.9 Å². The Bertz CT molecular complexity index is 837. The third-order valence-electron chi connectivity index (χ3n) is 4.96. The summed E-state index contributed by atoms with van der Waals surface area (Å²) in [6, 6.07) is 6.97. The molecule has 7 nitrogen and oxygen atoms in total. The summed E-state index contributed by atoms with van der Waals surface area (Å²) < 4.78 is 18.4. The number of fused-ring (bicyclic) bond motifs is 1. The molecule has 0 bridgehead atoms. The molecule has 1 atom stereocenters. The Balaban J connectivity index is 2.40. The SMILES string of the molecule is COc1ccc2c(c1)c(C(COC(N)=O)C(C)(C)C)nn2COCC[Si](C)(C)C. The number of carbonyl (C=O) groups excluding carboxylic acids is 1. The molecule has 2 N–H and O–H groups in total. The number of primary amides is 1. The zero-order valence-electron chi connectivity index (χ0n) is 18.7. The normalized spacial score (nSPS) is 13.5. The molecule has 1 heterocycles. The van der Waals surface area contributed by atoms with E-state index >= 15 is 0 Å². The first-order chi connectivity index (χ1) is 13.4. The van der Waals surface area contributed by atoms with E-state index in [2.05, 4.69) is 40.4 Å². The molecule has 0 aliphatic carbocycles. The van der Waals surface area contributed by atoms with Crippen LogP contribution in [0.4, 0.5) is 4.79 Å². The first-order valence-corrected chi connectivity index (χ1v) is 13.7. The lowest BCUT2D eigenvalue weighted by Gasteiger charge is -2.29. The van der Waals surface area contributed by atoms with Crippen LogP contribution in [-0.4, -0.2) is 44.3 Å². The molecule has 2 aromatic rings. The monoisotopic (exact) mass is 421 g/mol. The van der Waals surface area contributed by atoms with Crippen LogP contribution in [0.2, 0.25) is 25.7 Å². The molecule has 2 rings (SSSR count). The minimum atomic E-state index is -1.15. The lowest BCUT2D eigenvalue weighted by atomic mass is 9.78. The number of rotatable bonds is 9. The van der Waals surface area contributed by atoms with E-state index in [-0.39, 0.29) is 17.9 Å². The molecule has 8 heteroatoms. The van der Waals surface area contributed by atoms with Gasteiger partial charge in [-0.1, -0.05) is 40.4 Å². The molecule has 0 radical (unpaired) electrons. The third kappa shape index (κ3) is 6.47. The Labute approximate surface area is 174 Å². The van der Waals surface area contributed by atoms with Crippen molar-refractivity contribution in [3.05, 3.63) is 23.9 Å². The van der Waals surface area contributed by atoms with E-state index in [0.29, 0.717) is 6.73 Å². The minimum Gasteiger partial charge on any atom is -0.497 e. The van der Waals surface area contributed by atoms with Gasteiger partial charge in [-0.25, -0.2) is 9.48 Å². The van der Waals surface area contributed by atoms with Gasteiger partial charge in [-0.15, -0.1) is 0 Å². The van der Waals surface area contributed by atoms with Crippen LogP contribution < -0.4 is 10.5 Å². The fraction of sp³-hybridized carbons (Fsp3) is 0.619. The number of nitrogens with two attached hydrogens (primary N) is 1. The molecule has 0 aliphatic heterocycles. The van der Waals surface area contributed by atoms with Crippen molar-refractivity contribution < 1.29 is 19.0 Å². The smallest absolute Gasteiger partial charge is 0.404 e. The maximum atomic E-state index is 11.2. The molecule has 0 fully saturated rings. The van der Waals surface area contributed by atoms with E-state index in [4.69, 9.17) is 25.0 Å². The molecule has 0 aliphatic rings. The number of ether oxygens (including phenoxy) is 3. The summed E-state index contributed by atoms with van der Waals surface area (Å²) in [6.07, 6.45) is -0.782. The Morgan fingerprint density at radius 3 is 2.52 bits per heavy atom. The van der Waals surface area contributed by atoms with Gasteiger partial charge in [0.15, 0.2) is 0 Å². The van der Waals surface area contributed by atoms with Crippen LogP contribution in [0.1, 0.15) is 32.4 Å². The molecular formula is C21H35N3O4Si. The quantitative estimate of drug-likeness (QED) is 0.473. The first-order valence-electron chi connectivity index (χ1n) is 9.97. The molecule has 1 unspecified atom stereocenters. The van der Waals surface area contributed by atoms with Crippen LogP contribution in [0.5, 0.6) is 5.75 Å². The fourth-order valence-corrected chi connectivity index (χ4v) is 3.86. The summed E-state index contributed by atoms with van der Waals surface area (Å²) in [7, 11) is 0.489. The highest BCUT2D eigenvalue weighted by atomic mass is 28.3. The summed E-state index contributed by atoms with van der Waals surface area (Å²) in [5.41, 5.74) is 6.84. The summed E-state index contributed by atoms with van der Waals surface area (Å²) in [5, 5.41) is 5.82. The lowest BCUT2D eigenvalue weighted by Crippen LogP contribution is -2.27. The summed E-state index contributed by atoms with van der Waals surface area (Å²) in [4.78, 5) is 11.2. The van der Waals surface area contributed by atoms with Crippen molar-refractivity contribution in [3.8, 4) is 5.75 Å². The molecule has 1 aromatic carbocycles. The number of carbonyl (C=O) groups is 1. The van der Waals surface area contributed by atoms with Gasteiger partial charge in [0.1, 0.15) is 19.1 Å². The maximum absolute atomic E-state index is 11.2. The van der Waals surface area contributed by atoms with Gasteiger partial charge >= 0.3 is 6.09 Å². The van der Waals surface area contributed by atoms with Gasteiger partial charge in [0.25, 0.3) is 0 Å². The van der Waals surface area contributed by atoms with Crippen molar-refractivity contribution in [2.75, 3.05) is 20.3 Å². The van der Waals surface area contributed by atoms with Crippen LogP contribution in [0.3, 0.4) is 0 Å². The Morgan fingerprint density at radius 2 is 1.97 bits per heavy atom. The standard InChI is InChI=1S/C21H35N3O4Si/c1-21(2,3)17(13-28-20(22)25)19-16-12-15(26-4)8-9-18(16)24(23-19)14-27-10-11-29(5,6)7/h8-9,12,17H,10-11,13-14H2,1-7H3,(H2,22,25). The summed E-state index contributed by atoms with van der Waals surface area (Å²) in [6.45, 7) is 14.5. The zero-order valence-corrected chi connectivity index (χ0v) is 19.7. The van der Waals surface area contributed by atoms with Crippen LogP contribution in [0.25, 0.3) is 10.9 Å². The Kier molecular flexibility index (Phi) is 7.34. The van der Waals surface area contributed by atoms with Crippen molar-refractivity contribution in [1.82, 2.24) is 9.78 Å². The first kappa shape index (κ1) is 23.2. The van der Waals surface area contributed by atoms with Gasteiger partial charge in [0, 0.05) is 26.0 Å². The largest absolute Gasteiger partial charge is 0.497 e. The van der Waals surface area contributed by atoms with Crippen LogP contribution in [0.15, 0.2) is 18.2 Å². The second-order valence-corrected chi connectivity index (χ2v) is 15.3. The number of benzene rings is 1. The van der Waals surface area contributed by atoms with Gasteiger partial charge in [-0.05, 0) is 29.7 Å². The van der Waals surface area contributed by atoms with Gasteiger partial charge in [0.05, 0.1) is 18.3 Å². The maximum Gasteiger partial charge on any atom is 0.404 e. The highest BCUT2D eigenvalue weighted by Gasteiger charge is 2.32.